The molecule has 1 rings (SSSR count). The molecule has 0 saturated heterocycles. The highest BCUT2D eigenvalue weighted by atomic mass is 19.2. The summed E-state index contributed by atoms with van der Waals surface area (Å²) >= 11 is 0. The third-order valence-corrected chi connectivity index (χ3v) is 1.74. The lowest BCUT2D eigenvalue weighted by atomic mass is 10.2. The first-order valence-corrected chi connectivity index (χ1v) is 4.54. The first kappa shape index (κ1) is 12.2. The minimum absolute atomic E-state index is 0.135. The largest absolute Gasteiger partial charge is 0.466 e. The molecule has 4 nitrogen and oxygen atoms in total. The van der Waals surface area contributed by atoms with E-state index in [2.05, 4.69) is 9.72 Å². The van der Waals surface area contributed by atoms with E-state index >= 15 is 0 Å². The van der Waals surface area contributed by atoms with Crippen molar-refractivity contribution in [3.63, 3.8) is 0 Å². The van der Waals surface area contributed by atoms with Gasteiger partial charge in [0.1, 0.15) is 5.69 Å². The number of rotatable bonds is 4. The van der Waals surface area contributed by atoms with E-state index in [4.69, 9.17) is 0 Å². The summed E-state index contributed by atoms with van der Waals surface area (Å²) in [6.07, 6.45) is -0.227. The van der Waals surface area contributed by atoms with E-state index in [0.717, 1.165) is 0 Å². The van der Waals surface area contributed by atoms with E-state index in [-0.39, 0.29) is 18.6 Å². The number of aromatic nitrogens is 1. The van der Waals surface area contributed by atoms with Gasteiger partial charge in [0.15, 0.2) is 17.9 Å². The van der Waals surface area contributed by atoms with Crippen molar-refractivity contribution < 1.29 is 23.1 Å². The van der Waals surface area contributed by atoms with Gasteiger partial charge >= 0.3 is 5.97 Å². The number of aldehydes is 1. The van der Waals surface area contributed by atoms with Gasteiger partial charge in [-0.1, -0.05) is 0 Å². The number of esters is 1. The maximum Gasteiger partial charge on any atom is 0.311 e. The molecule has 86 valence electrons. The van der Waals surface area contributed by atoms with Crippen LogP contribution in [0.15, 0.2) is 6.07 Å². The van der Waals surface area contributed by atoms with E-state index in [1.165, 1.54) is 0 Å². The van der Waals surface area contributed by atoms with Gasteiger partial charge in [-0.2, -0.15) is 0 Å². The number of pyridine rings is 1. The fraction of sp³-hybridized carbons (Fsp3) is 0.300. The molecule has 1 aromatic rings. The molecule has 0 N–H and O–H groups in total. The fourth-order valence-electron chi connectivity index (χ4n) is 1.09. The van der Waals surface area contributed by atoms with Gasteiger partial charge < -0.3 is 4.74 Å². The molecule has 1 heterocycles. The van der Waals surface area contributed by atoms with Gasteiger partial charge in [-0.3, -0.25) is 9.59 Å². The van der Waals surface area contributed by atoms with Crippen molar-refractivity contribution in [1.29, 1.82) is 0 Å². The molecule has 0 aromatic carbocycles. The molecule has 0 amide bonds. The van der Waals surface area contributed by atoms with Crippen LogP contribution in [0.5, 0.6) is 0 Å². The minimum Gasteiger partial charge on any atom is -0.466 e. The Balaban J connectivity index is 2.98. The average molecular weight is 229 g/mol. The molecular weight excluding hydrogens is 220 g/mol. The lowest BCUT2D eigenvalue weighted by molar-refractivity contribution is -0.142. The molecule has 0 saturated carbocycles. The SMILES string of the molecule is CCOC(=O)Cc1nc(C=O)cc(F)c1F. The second kappa shape index (κ2) is 5.29. The molecular formula is C10H9F2NO3. The number of ether oxygens (including phenoxy) is 1. The normalized spacial score (nSPS) is 9.94. The van der Waals surface area contributed by atoms with Gasteiger partial charge in [-0.05, 0) is 6.92 Å². The molecule has 6 heteroatoms. The van der Waals surface area contributed by atoms with Crippen molar-refractivity contribution in [2.75, 3.05) is 6.61 Å². The lowest BCUT2D eigenvalue weighted by Gasteiger charge is -2.04. The molecule has 0 radical (unpaired) electrons. The van der Waals surface area contributed by atoms with E-state index in [1.807, 2.05) is 0 Å². The Kier molecular flexibility index (Phi) is 4.04. The number of halogens is 2. The monoisotopic (exact) mass is 229 g/mol. The Hall–Kier alpha value is -1.85. The molecule has 16 heavy (non-hydrogen) atoms. The van der Waals surface area contributed by atoms with Crippen LogP contribution in [0.3, 0.4) is 0 Å². The summed E-state index contributed by atoms with van der Waals surface area (Å²) in [5, 5.41) is 0. The molecule has 0 bridgehead atoms. The van der Waals surface area contributed by atoms with E-state index in [9.17, 15) is 18.4 Å². The van der Waals surface area contributed by atoms with Gasteiger partial charge in [-0.25, -0.2) is 13.8 Å². The zero-order valence-corrected chi connectivity index (χ0v) is 8.50. The quantitative estimate of drug-likeness (QED) is 0.576. The van der Waals surface area contributed by atoms with Crippen molar-refractivity contribution in [2.24, 2.45) is 0 Å². The Morgan fingerprint density at radius 3 is 2.81 bits per heavy atom. The zero-order chi connectivity index (χ0) is 12.1. The van der Waals surface area contributed by atoms with Gasteiger partial charge in [0.05, 0.1) is 18.7 Å². The van der Waals surface area contributed by atoms with Crippen molar-refractivity contribution in [3.05, 3.63) is 29.1 Å². The summed E-state index contributed by atoms with van der Waals surface area (Å²) in [6.45, 7) is 1.72. The predicted molar refractivity (Wildman–Crippen MR) is 49.9 cm³/mol. The van der Waals surface area contributed by atoms with Crippen LogP contribution in [0.2, 0.25) is 0 Å². The molecule has 1 aromatic heterocycles. The maximum atomic E-state index is 13.2. The van der Waals surface area contributed by atoms with Gasteiger partial charge in [0.25, 0.3) is 0 Å². The standard InChI is InChI=1S/C10H9F2NO3/c1-2-16-9(15)4-8-10(12)7(11)3-6(5-14)13-8/h3,5H,2,4H2,1H3. The molecule has 0 aliphatic carbocycles. The van der Waals surface area contributed by atoms with Crippen LogP contribution in [0.1, 0.15) is 23.1 Å². The highest BCUT2D eigenvalue weighted by Crippen LogP contribution is 2.11. The minimum atomic E-state index is -1.24. The van der Waals surface area contributed by atoms with Crippen LogP contribution >= 0.6 is 0 Å². The van der Waals surface area contributed by atoms with Gasteiger partial charge in [0.2, 0.25) is 0 Å². The zero-order valence-electron chi connectivity index (χ0n) is 8.50. The van der Waals surface area contributed by atoms with Crippen LogP contribution in [0.4, 0.5) is 8.78 Å². The van der Waals surface area contributed by atoms with Crippen LogP contribution in [0.25, 0.3) is 0 Å². The number of hydrogen-bond donors (Lipinski definition) is 0. The Bertz CT molecular complexity index is 421. The summed E-state index contributed by atoms with van der Waals surface area (Å²) < 4.78 is 30.7. The summed E-state index contributed by atoms with van der Waals surface area (Å²) in [6, 6.07) is 0.664. The summed E-state index contributed by atoms with van der Waals surface area (Å²) in [7, 11) is 0. The molecule has 0 aliphatic rings. The number of carbonyl (C=O) groups excluding carboxylic acids is 2. The predicted octanol–water partition coefficient (Wildman–Crippen LogP) is 1.28. The van der Waals surface area contributed by atoms with Crippen molar-refractivity contribution >= 4 is 12.3 Å². The number of carbonyl (C=O) groups is 2. The van der Waals surface area contributed by atoms with Crippen LogP contribution in [0, 0.1) is 11.6 Å². The smallest absolute Gasteiger partial charge is 0.311 e. The highest BCUT2D eigenvalue weighted by Gasteiger charge is 2.16. The highest BCUT2D eigenvalue weighted by molar-refractivity contribution is 5.74. The molecule has 0 unspecified atom stereocenters. The molecule has 0 fully saturated rings. The maximum absolute atomic E-state index is 13.2. The topological polar surface area (TPSA) is 56.3 Å². The number of nitrogens with zero attached hydrogens (tertiary/aromatic N) is 1. The first-order chi connectivity index (χ1) is 7.58. The molecule has 0 atom stereocenters. The average Bonchev–Trinajstić information content (AvgIpc) is 2.24. The summed E-state index contributed by atoms with van der Waals surface area (Å²) in [5.74, 6) is -3.17. The van der Waals surface area contributed by atoms with Crippen LogP contribution < -0.4 is 0 Å². The van der Waals surface area contributed by atoms with Gasteiger partial charge in [0, 0.05) is 6.07 Å². The summed E-state index contributed by atoms with van der Waals surface area (Å²) in [4.78, 5) is 24.9. The Labute approximate surface area is 90.2 Å². The third kappa shape index (κ3) is 2.82. The van der Waals surface area contributed by atoms with Crippen molar-refractivity contribution in [2.45, 2.75) is 13.3 Å². The Morgan fingerprint density at radius 2 is 2.25 bits per heavy atom. The molecule has 0 spiro atoms. The lowest BCUT2D eigenvalue weighted by Crippen LogP contribution is -2.12. The summed E-state index contributed by atoms with van der Waals surface area (Å²) in [5.41, 5.74) is -0.696. The van der Waals surface area contributed by atoms with Crippen LogP contribution in [-0.4, -0.2) is 23.8 Å². The first-order valence-electron chi connectivity index (χ1n) is 4.54. The number of hydrogen-bond acceptors (Lipinski definition) is 4. The molecule has 0 aliphatic heterocycles. The third-order valence-electron chi connectivity index (χ3n) is 1.74. The van der Waals surface area contributed by atoms with Gasteiger partial charge in [-0.15, -0.1) is 0 Å². The van der Waals surface area contributed by atoms with E-state index in [0.29, 0.717) is 6.07 Å². The van der Waals surface area contributed by atoms with E-state index < -0.39 is 29.7 Å². The van der Waals surface area contributed by atoms with Crippen molar-refractivity contribution in [3.8, 4) is 0 Å². The second-order valence-corrected chi connectivity index (χ2v) is 2.89. The van der Waals surface area contributed by atoms with E-state index in [1.54, 1.807) is 6.92 Å². The van der Waals surface area contributed by atoms with Crippen molar-refractivity contribution in [1.82, 2.24) is 4.98 Å². The Morgan fingerprint density at radius 1 is 1.56 bits per heavy atom. The fourth-order valence-corrected chi connectivity index (χ4v) is 1.09. The van der Waals surface area contributed by atoms with Crippen LogP contribution in [-0.2, 0) is 16.0 Å². The second-order valence-electron chi connectivity index (χ2n) is 2.89.